The summed E-state index contributed by atoms with van der Waals surface area (Å²) >= 11 is 0. The van der Waals surface area contributed by atoms with E-state index < -0.39 is 5.82 Å². The number of benzene rings is 2. The number of hydrogen-bond donors (Lipinski definition) is 1. The summed E-state index contributed by atoms with van der Waals surface area (Å²) in [6.07, 6.45) is 2.79. The number of carbonyl (C=O) groups excluding carboxylic acids is 1. The molecule has 1 fully saturated rings. The van der Waals surface area contributed by atoms with Crippen molar-refractivity contribution in [3.63, 3.8) is 0 Å². The molecule has 1 aliphatic rings. The van der Waals surface area contributed by atoms with Gasteiger partial charge in [0, 0.05) is 30.4 Å². The number of anilines is 1. The molecule has 2 aromatic rings. The second-order valence-electron chi connectivity index (χ2n) is 5.57. The molecule has 0 unspecified atom stereocenters. The summed E-state index contributed by atoms with van der Waals surface area (Å²) in [6, 6.07) is 9.80. The number of halogens is 1. The number of phenolic OH excluding ortho intramolecular Hbond substituents is 1. The molecule has 0 saturated carbocycles. The molecular weight excluding hydrogens is 297 g/mol. The molecule has 5 heteroatoms. The summed E-state index contributed by atoms with van der Waals surface area (Å²) in [6.45, 7) is 1.93. The fourth-order valence-electron chi connectivity index (χ4n) is 2.76. The molecule has 120 valence electrons. The second-order valence-corrected chi connectivity index (χ2v) is 5.57. The summed E-state index contributed by atoms with van der Waals surface area (Å²) in [5, 5.41) is 10.1. The Hall–Kier alpha value is -2.56. The average molecular weight is 315 g/mol. The molecule has 0 spiro atoms. The Kier molecular flexibility index (Phi) is 4.46. The molecule has 1 heterocycles. The van der Waals surface area contributed by atoms with E-state index in [-0.39, 0.29) is 23.5 Å². The van der Waals surface area contributed by atoms with Crippen molar-refractivity contribution in [3.05, 3.63) is 53.3 Å². The van der Waals surface area contributed by atoms with E-state index in [4.69, 9.17) is 4.74 Å². The molecule has 0 aliphatic carbocycles. The molecular formula is C18H18FNO3. The molecule has 4 nitrogen and oxygen atoms in total. The first-order valence-corrected chi connectivity index (χ1v) is 7.62. The molecule has 2 aromatic carbocycles. The number of aromatic hydroxyl groups is 1. The summed E-state index contributed by atoms with van der Waals surface area (Å²) in [5.74, 6) is -0.263. The number of hydrogen-bond acceptors (Lipinski definition) is 4. The lowest BCUT2D eigenvalue weighted by molar-refractivity contribution is 0.111. The molecule has 3 rings (SSSR count). The monoisotopic (exact) mass is 315 g/mol. The zero-order valence-electron chi connectivity index (χ0n) is 12.7. The van der Waals surface area contributed by atoms with E-state index in [2.05, 4.69) is 4.90 Å². The average Bonchev–Trinajstić information content (AvgIpc) is 3.09. The Balaban J connectivity index is 1.72. The maximum absolute atomic E-state index is 14.0. The first-order valence-electron chi connectivity index (χ1n) is 7.62. The molecule has 1 aliphatic heterocycles. The first-order chi connectivity index (χ1) is 11.2. The van der Waals surface area contributed by atoms with Crippen molar-refractivity contribution in [1.29, 1.82) is 0 Å². The van der Waals surface area contributed by atoms with Crippen LogP contribution < -0.4 is 9.64 Å². The van der Waals surface area contributed by atoms with Crippen LogP contribution in [0.3, 0.4) is 0 Å². The van der Waals surface area contributed by atoms with Gasteiger partial charge in [-0.25, -0.2) is 4.39 Å². The molecule has 0 bridgehead atoms. The summed E-state index contributed by atoms with van der Waals surface area (Å²) < 4.78 is 19.5. The Labute approximate surface area is 134 Å². The van der Waals surface area contributed by atoms with Crippen LogP contribution in [0.2, 0.25) is 0 Å². The number of nitrogens with zero attached hydrogens (tertiary/aromatic N) is 1. The van der Waals surface area contributed by atoms with Crippen LogP contribution in [0.5, 0.6) is 11.5 Å². The first kappa shape index (κ1) is 15.3. The van der Waals surface area contributed by atoms with Gasteiger partial charge in [-0.15, -0.1) is 0 Å². The summed E-state index contributed by atoms with van der Waals surface area (Å²) in [4.78, 5) is 13.0. The van der Waals surface area contributed by atoms with E-state index in [1.165, 1.54) is 6.07 Å². The smallest absolute Gasteiger partial charge is 0.161 e. The minimum atomic E-state index is -0.587. The lowest BCUT2D eigenvalue weighted by Crippen LogP contribution is -2.17. The third-order valence-corrected chi connectivity index (χ3v) is 4.03. The number of aldehydes is 1. The van der Waals surface area contributed by atoms with Gasteiger partial charge >= 0.3 is 0 Å². The number of carbonyl (C=O) groups is 1. The molecule has 0 aromatic heterocycles. The topological polar surface area (TPSA) is 49.8 Å². The fraction of sp³-hybridized carbons (Fsp3) is 0.278. The Morgan fingerprint density at radius 2 is 2.00 bits per heavy atom. The van der Waals surface area contributed by atoms with Crippen molar-refractivity contribution in [3.8, 4) is 11.5 Å². The standard InChI is InChI=1S/C18H18FNO3/c19-18-13(11-21)4-3-5-14(18)12-23-17-7-6-15(10-16(17)22)20-8-1-2-9-20/h3-7,10-11,22H,1-2,8-9,12H2. The minimum Gasteiger partial charge on any atom is -0.504 e. The van der Waals surface area contributed by atoms with Gasteiger partial charge in [0.25, 0.3) is 0 Å². The van der Waals surface area contributed by atoms with Crippen molar-refractivity contribution < 1.29 is 19.0 Å². The predicted molar refractivity (Wildman–Crippen MR) is 85.7 cm³/mol. The highest BCUT2D eigenvalue weighted by molar-refractivity contribution is 5.75. The lowest BCUT2D eigenvalue weighted by atomic mass is 10.1. The van der Waals surface area contributed by atoms with Crippen molar-refractivity contribution >= 4 is 12.0 Å². The summed E-state index contributed by atoms with van der Waals surface area (Å²) in [5.41, 5.74) is 1.24. The van der Waals surface area contributed by atoms with E-state index in [9.17, 15) is 14.3 Å². The van der Waals surface area contributed by atoms with E-state index in [0.29, 0.717) is 12.0 Å². The van der Waals surface area contributed by atoms with Crippen LogP contribution in [0.1, 0.15) is 28.8 Å². The van der Waals surface area contributed by atoms with Gasteiger partial charge in [-0.1, -0.05) is 12.1 Å². The number of ether oxygens (including phenoxy) is 1. The van der Waals surface area contributed by atoms with Gasteiger partial charge in [-0.3, -0.25) is 4.79 Å². The minimum absolute atomic E-state index is 0.000275. The van der Waals surface area contributed by atoms with Crippen LogP contribution in [-0.2, 0) is 6.61 Å². The van der Waals surface area contributed by atoms with Gasteiger partial charge in [0.1, 0.15) is 12.4 Å². The van der Waals surface area contributed by atoms with Crippen LogP contribution >= 0.6 is 0 Å². The van der Waals surface area contributed by atoms with E-state index in [1.54, 1.807) is 24.3 Å². The number of phenols is 1. The highest BCUT2D eigenvalue weighted by Crippen LogP contribution is 2.32. The maximum Gasteiger partial charge on any atom is 0.161 e. The maximum atomic E-state index is 14.0. The fourth-order valence-corrected chi connectivity index (χ4v) is 2.76. The highest BCUT2D eigenvalue weighted by Gasteiger charge is 2.15. The van der Waals surface area contributed by atoms with Gasteiger partial charge in [0.05, 0.1) is 5.56 Å². The normalized spacial score (nSPS) is 14.0. The van der Waals surface area contributed by atoms with Crippen molar-refractivity contribution in [1.82, 2.24) is 0 Å². The molecule has 0 radical (unpaired) electrons. The third kappa shape index (κ3) is 3.28. The Morgan fingerprint density at radius 1 is 1.22 bits per heavy atom. The quantitative estimate of drug-likeness (QED) is 0.858. The van der Waals surface area contributed by atoms with E-state index in [1.807, 2.05) is 6.07 Å². The van der Waals surface area contributed by atoms with E-state index >= 15 is 0 Å². The lowest BCUT2D eigenvalue weighted by Gasteiger charge is -2.18. The summed E-state index contributed by atoms with van der Waals surface area (Å²) in [7, 11) is 0. The van der Waals surface area contributed by atoms with Gasteiger partial charge in [0.15, 0.2) is 17.8 Å². The zero-order chi connectivity index (χ0) is 16.2. The van der Waals surface area contributed by atoms with Crippen LogP contribution in [0, 0.1) is 5.82 Å². The highest BCUT2D eigenvalue weighted by atomic mass is 19.1. The molecule has 23 heavy (non-hydrogen) atoms. The number of rotatable bonds is 5. The molecule has 0 amide bonds. The van der Waals surface area contributed by atoms with Crippen LogP contribution in [0.15, 0.2) is 36.4 Å². The Bertz CT molecular complexity index is 711. The SMILES string of the molecule is O=Cc1cccc(COc2ccc(N3CCCC3)cc2O)c1F. The third-order valence-electron chi connectivity index (χ3n) is 4.03. The molecule has 0 atom stereocenters. The van der Waals surface area contributed by atoms with Gasteiger partial charge in [-0.05, 0) is 31.0 Å². The van der Waals surface area contributed by atoms with Gasteiger partial charge < -0.3 is 14.7 Å². The zero-order valence-corrected chi connectivity index (χ0v) is 12.7. The second kappa shape index (κ2) is 6.69. The molecule has 1 saturated heterocycles. The predicted octanol–water partition coefficient (Wildman–Crippen LogP) is 3.52. The molecule has 1 N–H and O–H groups in total. The Morgan fingerprint density at radius 3 is 2.70 bits per heavy atom. The van der Waals surface area contributed by atoms with Crippen molar-refractivity contribution in [2.75, 3.05) is 18.0 Å². The van der Waals surface area contributed by atoms with Crippen LogP contribution in [0.25, 0.3) is 0 Å². The van der Waals surface area contributed by atoms with E-state index in [0.717, 1.165) is 31.6 Å². The van der Waals surface area contributed by atoms with Gasteiger partial charge in [-0.2, -0.15) is 0 Å². The largest absolute Gasteiger partial charge is 0.504 e. The van der Waals surface area contributed by atoms with Crippen LogP contribution in [-0.4, -0.2) is 24.5 Å². The van der Waals surface area contributed by atoms with Crippen molar-refractivity contribution in [2.45, 2.75) is 19.4 Å². The van der Waals surface area contributed by atoms with Crippen LogP contribution in [0.4, 0.5) is 10.1 Å². The van der Waals surface area contributed by atoms with Gasteiger partial charge in [0.2, 0.25) is 0 Å². The van der Waals surface area contributed by atoms with Crippen molar-refractivity contribution in [2.24, 2.45) is 0 Å².